The van der Waals surface area contributed by atoms with E-state index in [4.69, 9.17) is 5.11 Å². The molecule has 2 rings (SSSR count). The number of aryl methyl sites for hydroxylation is 2. The standard InChI is InChI=1S/C14H17N3O2/c1-2-13-16-15-10-17(13)12-8-6-11(7-9-12)4-3-5-14(18)19/h6-10H,2-5H2,1H3,(H,18,19). The first-order valence-electron chi connectivity index (χ1n) is 6.40. The van der Waals surface area contributed by atoms with Crippen LogP contribution in [0.25, 0.3) is 5.69 Å². The molecule has 0 amide bonds. The third-order valence-corrected chi connectivity index (χ3v) is 3.01. The van der Waals surface area contributed by atoms with E-state index in [1.165, 1.54) is 0 Å². The van der Waals surface area contributed by atoms with Crippen LogP contribution in [0.5, 0.6) is 0 Å². The second kappa shape index (κ2) is 6.13. The summed E-state index contributed by atoms with van der Waals surface area (Å²) in [5.74, 6) is 0.187. The Hall–Kier alpha value is -2.17. The number of aliphatic carboxylic acids is 1. The molecule has 1 aromatic heterocycles. The summed E-state index contributed by atoms with van der Waals surface area (Å²) in [6, 6.07) is 8.07. The van der Waals surface area contributed by atoms with E-state index in [-0.39, 0.29) is 6.42 Å². The van der Waals surface area contributed by atoms with Gasteiger partial charge in [0.15, 0.2) is 0 Å². The number of hydrogen-bond donors (Lipinski definition) is 1. The van der Waals surface area contributed by atoms with Crippen molar-refractivity contribution in [2.75, 3.05) is 0 Å². The summed E-state index contributed by atoms with van der Waals surface area (Å²) < 4.78 is 1.96. The molecule has 0 unspecified atom stereocenters. The highest BCUT2D eigenvalue weighted by Crippen LogP contribution is 2.13. The van der Waals surface area contributed by atoms with E-state index in [2.05, 4.69) is 10.2 Å². The normalized spacial score (nSPS) is 10.6. The number of nitrogens with zero attached hydrogens (tertiary/aromatic N) is 3. The molecule has 0 fully saturated rings. The lowest BCUT2D eigenvalue weighted by Gasteiger charge is -2.06. The summed E-state index contributed by atoms with van der Waals surface area (Å²) in [5.41, 5.74) is 2.18. The quantitative estimate of drug-likeness (QED) is 0.863. The summed E-state index contributed by atoms with van der Waals surface area (Å²) in [4.78, 5) is 10.5. The van der Waals surface area contributed by atoms with Crippen molar-refractivity contribution in [1.29, 1.82) is 0 Å². The van der Waals surface area contributed by atoms with Gasteiger partial charge in [0.2, 0.25) is 0 Å². The molecule has 0 spiro atoms. The van der Waals surface area contributed by atoms with E-state index in [0.717, 1.165) is 29.9 Å². The van der Waals surface area contributed by atoms with E-state index in [1.807, 2.05) is 35.8 Å². The van der Waals surface area contributed by atoms with Gasteiger partial charge in [0.25, 0.3) is 0 Å². The lowest BCUT2D eigenvalue weighted by molar-refractivity contribution is -0.137. The molecule has 0 bridgehead atoms. The molecule has 1 heterocycles. The number of carbonyl (C=O) groups is 1. The maximum Gasteiger partial charge on any atom is 0.303 e. The molecule has 0 aliphatic rings. The molecule has 5 nitrogen and oxygen atoms in total. The Morgan fingerprint density at radius 3 is 2.68 bits per heavy atom. The van der Waals surface area contributed by atoms with Crippen LogP contribution in [0.2, 0.25) is 0 Å². The molecule has 2 aromatic rings. The summed E-state index contributed by atoms with van der Waals surface area (Å²) in [6.45, 7) is 2.04. The molecule has 19 heavy (non-hydrogen) atoms. The van der Waals surface area contributed by atoms with E-state index < -0.39 is 5.97 Å². The first kappa shape index (κ1) is 13.3. The summed E-state index contributed by atoms with van der Waals surface area (Å²) in [7, 11) is 0. The second-order valence-corrected chi connectivity index (χ2v) is 4.38. The van der Waals surface area contributed by atoms with Gasteiger partial charge in [0.05, 0.1) is 0 Å². The first-order chi connectivity index (χ1) is 9.20. The third kappa shape index (κ3) is 3.40. The zero-order valence-corrected chi connectivity index (χ0v) is 10.9. The van der Waals surface area contributed by atoms with Crippen LogP contribution in [0.3, 0.4) is 0 Å². The predicted octanol–water partition coefficient (Wildman–Crippen LogP) is 2.24. The smallest absolute Gasteiger partial charge is 0.303 e. The Labute approximate surface area is 111 Å². The summed E-state index contributed by atoms with van der Waals surface area (Å²) in [6.07, 6.45) is 4.21. The number of benzene rings is 1. The summed E-state index contributed by atoms with van der Waals surface area (Å²) >= 11 is 0. The Bertz CT molecular complexity index is 546. The molecule has 1 aromatic carbocycles. The average molecular weight is 259 g/mol. The molecule has 5 heteroatoms. The van der Waals surface area contributed by atoms with Crippen molar-refractivity contribution in [3.63, 3.8) is 0 Å². The van der Waals surface area contributed by atoms with Crippen LogP contribution in [-0.4, -0.2) is 25.8 Å². The molecule has 0 saturated carbocycles. The molecule has 1 N–H and O–H groups in total. The Morgan fingerprint density at radius 2 is 2.05 bits per heavy atom. The Morgan fingerprint density at radius 1 is 1.32 bits per heavy atom. The van der Waals surface area contributed by atoms with Gasteiger partial charge >= 0.3 is 5.97 Å². The second-order valence-electron chi connectivity index (χ2n) is 4.38. The monoisotopic (exact) mass is 259 g/mol. The van der Waals surface area contributed by atoms with Crippen LogP contribution in [0.4, 0.5) is 0 Å². The predicted molar refractivity (Wildman–Crippen MR) is 71.3 cm³/mol. The van der Waals surface area contributed by atoms with Gasteiger partial charge in [-0.05, 0) is 30.5 Å². The number of carboxylic acids is 1. The average Bonchev–Trinajstić information content (AvgIpc) is 2.87. The van der Waals surface area contributed by atoms with Crippen LogP contribution in [0.15, 0.2) is 30.6 Å². The van der Waals surface area contributed by atoms with Crippen molar-refractivity contribution < 1.29 is 9.90 Å². The lowest BCUT2D eigenvalue weighted by atomic mass is 10.1. The zero-order chi connectivity index (χ0) is 13.7. The van der Waals surface area contributed by atoms with Crippen molar-refractivity contribution in [2.45, 2.75) is 32.6 Å². The number of rotatable bonds is 6. The molecule has 0 radical (unpaired) electrons. The van der Waals surface area contributed by atoms with Crippen molar-refractivity contribution in [2.24, 2.45) is 0 Å². The minimum atomic E-state index is -0.742. The van der Waals surface area contributed by atoms with Crippen molar-refractivity contribution in [3.05, 3.63) is 42.0 Å². The maximum atomic E-state index is 10.5. The van der Waals surface area contributed by atoms with Crippen LogP contribution in [-0.2, 0) is 17.6 Å². The van der Waals surface area contributed by atoms with E-state index in [1.54, 1.807) is 6.33 Å². The Kier molecular flexibility index (Phi) is 4.28. The molecule has 0 atom stereocenters. The van der Waals surface area contributed by atoms with Crippen LogP contribution >= 0.6 is 0 Å². The van der Waals surface area contributed by atoms with E-state index >= 15 is 0 Å². The highest BCUT2D eigenvalue weighted by molar-refractivity contribution is 5.66. The number of carboxylic acid groups (broad SMARTS) is 1. The Balaban J connectivity index is 2.04. The van der Waals surface area contributed by atoms with Crippen molar-refractivity contribution >= 4 is 5.97 Å². The van der Waals surface area contributed by atoms with Gasteiger partial charge < -0.3 is 5.11 Å². The minimum Gasteiger partial charge on any atom is -0.481 e. The fourth-order valence-corrected chi connectivity index (χ4v) is 1.98. The van der Waals surface area contributed by atoms with E-state index in [9.17, 15) is 4.79 Å². The molecular formula is C14H17N3O2. The van der Waals surface area contributed by atoms with Gasteiger partial charge in [-0.1, -0.05) is 19.1 Å². The largest absolute Gasteiger partial charge is 0.481 e. The fraction of sp³-hybridized carbons (Fsp3) is 0.357. The maximum absolute atomic E-state index is 10.5. The van der Waals surface area contributed by atoms with Gasteiger partial charge in [0, 0.05) is 18.5 Å². The topological polar surface area (TPSA) is 68.0 Å². The molecule has 100 valence electrons. The van der Waals surface area contributed by atoms with Crippen LogP contribution < -0.4 is 0 Å². The molecular weight excluding hydrogens is 242 g/mol. The summed E-state index contributed by atoms with van der Waals surface area (Å²) in [5, 5.41) is 16.6. The van der Waals surface area contributed by atoms with E-state index in [0.29, 0.717) is 6.42 Å². The van der Waals surface area contributed by atoms with Gasteiger partial charge in [-0.2, -0.15) is 0 Å². The van der Waals surface area contributed by atoms with Crippen LogP contribution in [0.1, 0.15) is 31.2 Å². The fourth-order valence-electron chi connectivity index (χ4n) is 1.98. The highest BCUT2D eigenvalue weighted by atomic mass is 16.4. The minimum absolute atomic E-state index is 0.215. The van der Waals surface area contributed by atoms with Gasteiger partial charge in [-0.3, -0.25) is 9.36 Å². The van der Waals surface area contributed by atoms with Gasteiger partial charge in [-0.25, -0.2) is 0 Å². The van der Waals surface area contributed by atoms with Crippen molar-refractivity contribution in [3.8, 4) is 5.69 Å². The molecule has 0 aliphatic heterocycles. The van der Waals surface area contributed by atoms with Gasteiger partial charge in [-0.15, -0.1) is 10.2 Å². The zero-order valence-electron chi connectivity index (χ0n) is 10.9. The van der Waals surface area contributed by atoms with Gasteiger partial charge in [0.1, 0.15) is 12.2 Å². The first-order valence-corrected chi connectivity index (χ1v) is 6.40. The SMILES string of the molecule is CCc1nncn1-c1ccc(CCCC(=O)O)cc1. The van der Waals surface area contributed by atoms with Crippen LogP contribution in [0, 0.1) is 0 Å². The lowest BCUT2D eigenvalue weighted by Crippen LogP contribution is -1.99. The number of hydrogen-bond acceptors (Lipinski definition) is 3. The number of aromatic nitrogens is 3. The third-order valence-electron chi connectivity index (χ3n) is 3.01. The molecule has 0 aliphatic carbocycles. The highest BCUT2D eigenvalue weighted by Gasteiger charge is 2.04. The molecule has 0 saturated heterocycles. The van der Waals surface area contributed by atoms with Crippen molar-refractivity contribution in [1.82, 2.24) is 14.8 Å².